The first-order valence-corrected chi connectivity index (χ1v) is 11.6. The summed E-state index contributed by atoms with van der Waals surface area (Å²) in [6.45, 7) is 0.249. The number of halogens is 1. The molecule has 1 heterocycles. The Labute approximate surface area is 214 Å². The lowest BCUT2D eigenvalue weighted by Gasteiger charge is -2.19. The monoisotopic (exact) mass is 501 g/mol. The lowest BCUT2D eigenvalue weighted by Crippen LogP contribution is -2.46. The molecule has 2 N–H and O–H groups in total. The predicted molar refractivity (Wildman–Crippen MR) is 138 cm³/mol. The van der Waals surface area contributed by atoms with Gasteiger partial charge in [-0.25, -0.2) is 4.98 Å². The summed E-state index contributed by atoms with van der Waals surface area (Å²) in [5.41, 5.74) is 1.66. The van der Waals surface area contributed by atoms with E-state index in [2.05, 4.69) is 15.6 Å². The zero-order valence-electron chi connectivity index (χ0n) is 19.3. The highest BCUT2D eigenvalue weighted by Crippen LogP contribution is 2.22. The molecule has 1 unspecified atom stereocenters. The lowest BCUT2D eigenvalue weighted by molar-refractivity contribution is -0.119. The van der Waals surface area contributed by atoms with Gasteiger partial charge in [0, 0.05) is 11.9 Å². The minimum absolute atomic E-state index is 0.0421. The van der Waals surface area contributed by atoms with Gasteiger partial charge in [-0.3, -0.25) is 9.59 Å². The van der Waals surface area contributed by atoms with Crippen LogP contribution in [0.2, 0.25) is 5.15 Å². The molecule has 2 amide bonds. The quantitative estimate of drug-likeness (QED) is 0.281. The van der Waals surface area contributed by atoms with Gasteiger partial charge >= 0.3 is 0 Å². The molecule has 4 rings (SSSR count). The number of benzene rings is 3. The molecule has 7 nitrogen and oxygen atoms in total. The van der Waals surface area contributed by atoms with E-state index in [1.165, 1.54) is 12.3 Å². The second kappa shape index (κ2) is 12.5. The molecule has 36 heavy (non-hydrogen) atoms. The van der Waals surface area contributed by atoms with Crippen LogP contribution in [0.5, 0.6) is 11.5 Å². The Hall–Kier alpha value is -4.20. The van der Waals surface area contributed by atoms with Crippen LogP contribution in [0.25, 0.3) is 0 Å². The summed E-state index contributed by atoms with van der Waals surface area (Å²) in [4.78, 5) is 29.8. The third-order valence-electron chi connectivity index (χ3n) is 5.12. The number of rotatable bonds is 10. The molecule has 0 aliphatic carbocycles. The van der Waals surface area contributed by atoms with Crippen molar-refractivity contribution in [1.82, 2.24) is 10.3 Å². The molecule has 0 aliphatic rings. The Morgan fingerprint density at radius 2 is 1.50 bits per heavy atom. The van der Waals surface area contributed by atoms with Crippen molar-refractivity contribution in [3.63, 3.8) is 0 Å². The van der Waals surface area contributed by atoms with E-state index in [9.17, 15) is 9.59 Å². The van der Waals surface area contributed by atoms with E-state index in [1.807, 2.05) is 60.7 Å². The average molecular weight is 502 g/mol. The predicted octanol–water partition coefficient (Wildman–Crippen LogP) is 5.48. The van der Waals surface area contributed by atoms with Gasteiger partial charge in [0.2, 0.25) is 5.91 Å². The molecule has 8 heteroatoms. The second-order valence-electron chi connectivity index (χ2n) is 7.80. The van der Waals surface area contributed by atoms with Crippen molar-refractivity contribution in [3.8, 4) is 11.5 Å². The fourth-order valence-electron chi connectivity index (χ4n) is 3.30. The maximum atomic E-state index is 13.1. The maximum Gasteiger partial charge on any atom is 0.255 e. The summed E-state index contributed by atoms with van der Waals surface area (Å²) in [7, 11) is 0. The number of carbonyl (C=O) groups is 2. The van der Waals surface area contributed by atoms with E-state index < -0.39 is 17.9 Å². The van der Waals surface area contributed by atoms with Crippen LogP contribution in [0.4, 0.5) is 5.69 Å². The van der Waals surface area contributed by atoms with E-state index in [4.69, 9.17) is 21.1 Å². The number of nitrogens with zero attached hydrogens (tertiary/aromatic N) is 1. The van der Waals surface area contributed by atoms with Crippen LogP contribution < -0.4 is 15.4 Å². The van der Waals surface area contributed by atoms with Crippen molar-refractivity contribution in [1.29, 1.82) is 0 Å². The topological polar surface area (TPSA) is 89.5 Å². The number of amides is 2. The number of nitrogens with one attached hydrogen (secondary N) is 2. The number of pyridine rings is 1. The molecule has 0 bridgehead atoms. The third-order valence-corrected chi connectivity index (χ3v) is 5.42. The highest BCUT2D eigenvalue weighted by atomic mass is 35.5. The van der Waals surface area contributed by atoms with E-state index >= 15 is 0 Å². The summed E-state index contributed by atoms with van der Waals surface area (Å²) >= 11 is 6.05. The number of hydrogen-bond acceptors (Lipinski definition) is 5. The van der Waals surface area contributed by atoms with E-state index in [0.717, 1.165) is 5.56 Å². The van der Waals surface area contributed by atoms with Crippen LogP contribution in [-0.2, 0) is 16.1 Å². The van der Waals surface area contributed by atoms with Gasteiger partial charge in [-0.05, 0) is 54.1 Å². The summed E-state index contributed by atoms with van der Waals surface area (Å²) in [5.74, 6) is 0.375. The molecule has 0 spiro atoms. The Morgan fingerprint density at radius 3 is 2.19 bits per heavy atom. The zero-order chi connectivity index (χ0) is 25.2. The zero-order valence-corrected chi connectivity index (χ0v) is 20.0. The van der Waals surface area contributed by atoms with E-state index in [0.29, 0.717) is 23.8 Å². The van der Waals surface area contributed by atoms with Crippen molar-refractivity contribution in [3.05, 3.63) is 120 Å². The molecule has 3 aromatic carbocycles. The highest BCUT2D eigenvalue weighted by Gasteiger charge is 2.23. The number of para-hydroxylation sites is 1. The fraction of sp³-hybridized carbons (Fsp3) is 0.107. The second-order valence-corrected chi connectivity index (χ2v) is 8.16. The summed E-state index contributed by atoms with van der Waals surface area (Å²) < 4.78 is 11.5. The molecule has 0 radical (unpaired) electrons. The minimum atomic E-state index is -0.974. The molecule has 1 aromatic heterocycles. The molecular formula is C28H24ClN3O4. The summed E-state index contributed by atoms with van der Waals surface area (Å²) in [6, 6.07) is 28.0. The molecular weight excluding hydrogens is 478 g/mol. The van der Waals surface area contributed by atoms with Crippen LogP contribution in [-0.4, -0.2) is 29.4 Å². The minimum Gasteiger partial charge on any atom is -0.457 e. The van der Waals surface area contributed by atoms with Crippen molar-refractivity contribution < 1.29 is 19.1 Å². The van der Waals surface area contributed by atoms with Crippen LogP contribution >= 0.6 is 11.6 Å². The Balaban J connectivity index is 1.42. The number of aromatic nitrogens is 1. The maximum absolute atomic E-state index is 13.1. The van der Waals surface area contributed by atoms with Gasteiger partial charge in [-0.15, -0.1) is 0 Å². The first kappa shape index (κ1) is 24.9. The van der Waals surface area contributed by atoms with E-state index in [1.54, 1.807) is 30.3 Å². The highest BCUT2D eigenvalue weighted by molar-refractivity contribution is 6.32. The van der Waals surface area contributed by atoms with Gasteiger partial charge in [0.1, 0.15) is 22.7 Å². The van der Waals surface area contributed by atoms with Crippen molar-refractivity contribution in [2.75, 3.05) is 11.9 Å². The molecule has 4 aromatic rings. The van der Waals surface area contributed by atoms with Crippen LogP contribution in [0.15, 0.2) is 103 Å². The summed E-state index contributed by atoms with van der Waals surface area (Å²) in [5, 5.41) is 5.56. The SMILES string of the molecule is O=C(NC(COCc1ccccc1)C(=O)Nc1ccc(Oc2ccccc2)cc1)c1cccnc1Cl. The van der Waals surface area contributed by atoms with Crippen LogP contribution in [0.3, 0.4) is 0 Å². The Kier molecular flexibility index (Phi) is 8.64. The van der Waals surface area contributed by atoms with Gasteiger partial charge in [0.25, 0.3) is 5.91 Å². The van der Waals surface area contributed by atoms with Crippen molar-refractivity contribution >= 4 is 29.1 Å². The smallest absolute Gasteiger partial charge is 0.255 e. The molecule has 0 saturated heterocycles. The third kappa shape index (κ3) is 7.15. The normalized spacial score (nSPS) is 11.4. The fourth-order valence-corrected chi connectivity index (χ4v) is 3.51. The van der Waals surface area contributed by atoms with Crippen molar-refractivity contribution in [2.24, 2.45) is 0 Å². The standard InChI is InChI=1S/C28H24ClN3O4/c29-26-24(12-7-17-30-26)27(33)32-25(19-35-18-20-8-3-1-4-9-20)28(34)31-21-13-15-23(16-14-21)36-22-10-5-2-6-11-22/h1-17,25H,18-19H2,(H,31,34)(H,32,33). The summed E-state index contributed by atoms with van der Waals surface area (Å²) in [6.07, 6.45) is 1.48. The van der Waals surface area contributed by atoms with Gasteiger partial charge < -0.3 is 20.1 Å². The van der Waals surface area contributed by atoms with E-state index in [-0.39, 0.29) is 17.3 Å². The Morgan fingerprint density at radius 1 is 0.833 bits per heavy atom. The van der Waals surface area contributed by atoms with Gasteiger partial charge in [-0.1, -0.05) is 60.1 Å². The lowest BCUT2D eigenvalue weighted by atomic mass is 10.2. The first-order chi connectivity index (χ1) is 17.6. The number of hydrogen-bond donors (Lipinski definition) is 2. The average Bonchev–Trinajstić information content (AvgIpc) is 2.90. The molecule has 182 valence electrons. The first-order valence-electron chi connectivity index (χ1n) is 11.3. The molecule has 1 atom stereocenters. The van der Waals surface area contributed by atoms with Crippen molar-refractivity contribution in [2.45, 2.75) is 12.6 Å². The van der Waals surface area contributed by atoms with Gasteiger partial charge in [-0.2, -0.15) is 0 Å². The van der Waals surface area contributed by atoms with Crippen LogP contribution in [0, 0.1) is 0 Å². The molecule has 0 saturated carbocycles. The Bertz CT molecular complexity index is 1290. The number of ether oxygens (including phenoxy) is 2. The number of carbonyl (C=O) groups excluding carboxylic acids is 2. The van der Waals surface area contributed by atoms with Gasteiger partial charge in [0.05, 0.1) is 18.8 Å². The number of anilines is 1. The largest absolute Gasteiger partial charge is 0.457 e. The molecule has 0 aliphatic heterocycles. The molecule has 0 fully saturated rings. The van der Waals surface area contributed by atoms with Crippen LogP contribution in [0.1, 0.15) is 15.9 Å². The van der Waals surface area contributed by atoms with Gasteiger partial charge in [0.15, 0.2) is 0 Å².